The smallest absolute Gasteiger partial charge is 0.410 e. The van der Waals surface area contributed by atoms with Crippen molar-refractivity contribution in [1.82, 2.24) is 20.0 Å². The van der Waals surface area contributed by atoms with Crippen LogP contribution in [0.2, 0.25) is 0 Å². The molecule has 0 saturated carbocycles. The van der Waals surface area contributed by atoms with Crippen molar-refractivity contribution in [3.8, 4) is 0 Å². The Bertz CT molecular complexity index is 1150. The van der Waals surface area contributed by atoms with Gasteiger partial charge in [-0.3, -0.25) is 34.3 Å². The first-order valence-electron chi connectivity index (χ1n) is 12.9. The average molecular weight is 511 g/mol. The lowest BCUT2D eigenvalue weighted by Crippen LogP contribution is -2.54. The van der Waals surface area contributed by atoms with Gasteiger partial charge in [-0.05, 0) is 68.7 Å². The molecule has 1 atom stereocenters. The van der Waals surface area contributed by atoms with Crippen molar-refractivity contribution in [3.05, 3.63) is 34.4 Å². The van der Waals surface area contributed by atoms with E-state index in [2.05, 4.69) is 17.1 Å². The summed E-state index contributed by atoms with van der Waals surface area (Å²) in [5, 5.41) is 2.23. The predicted molar refractivity (Wildman–Crippen MR) is 132 cm³/mol. The van der Waals surface area contributed by atoms with E-state index in [1.807, 2.05) is 20.8 Å². The Balaban J connectivity index is 1.23. The highest BCUT2D eigenvalue weighted by molar-refractivity contribution is 6.23. The molecule has 0 aromatic heterocycles. The molecule has 4 aliphatic heterocycles. The number of fused-ring (bicyclic) bond motifs is 2. The Morgan fingerprint density at radius 3 is 2.11 bits per heavy atom. The summed E-state index contributed by atoms with van der Waals surface area (Å²) in [5.74, 6) is -1.94. The molecule has 2 saturated heterocycles. The summed E-state index contributed by atoms with van der Waals surface area (Å²) in [6.45, 7) is 11.3. The lowest BCUT2D eigenvalue weighted by atomic mass is 9.80. The largest absolute Gasteiger partial charge is 0.444 e. The van der Waals surface area contributed by atoms with Gasteiger partial charge in [-0.2, -0.15) is 0 Å². The number of likely N-dealkylation sites (tertiary alicyclic amines) is 1. The summed E-state index contributed by atoms with van der Waals surface area (Å²) in [6.07, 6.45) is 1.72. The van der Waals surface area contributed by atoms with Gasteiger partial charge in [-0.1, -0.05) is 6.92 Å². The molecular formula is C27H34N4O6. The zero-order valence-electron chi connectivity index (χ0n) is 21.9. The van der Waals surface area contributed by atoms with Gasteiger partial charge in [0.25, 0.3) is 11.8 Å². The molecule has 1 aromatic carbocycles. The number of benzene rings is 1. The van der Waals surface area contributed by atoms with Crippen molar-refractivity contribution in [2.75, 3.05) is 19.6 Å². The Morgan fingerprint density at radius 2 is 1.59 bits per heavy atom. The fourth-order valence-electron chi connectivity index (χ4n) is 5.80. The Kier molecular flexibility index (Phi) is 6.13. The minimum atomic E-state index is -0.956. The molecule has 0 spiro atoms. The Labute approximate surface area is 216 Å². The van der Waals surface area contributed by atoms with Crippen molar-refractivity contribution < 1.29 is 28.7 Å². The van der Waals surface area contributed by atoms with Gasteiger partial charge >= 0.3 is 6.09 Å². The van der Waals surface area contributed by atoms with Crippen molar-refractivity contribution in [1.29, 1.82) is 0 Å². The fourth-order valence-corrected chi connectivity index (χ4v) is 5.80. The monoisotopic (exact) mass is 510 g/mol. The maximum Gasteiger partial charge on any atom is 0.410 e. The summed E-state index contributed by atoms with van der Waals surface area (Å²) < 4.78 is 5.51. The quantitative estimate of drug-likeness (QED) is 0.621. The highest BCUT2D eigenvalue weighted by Crippen LogP contribution is 2.37. The number of imide groups is 2. The van der Waals surface area contributed by atoms with Gasteiger partial charge in [0.2, 0.25) is 11.8 Å². The van der Waals surface area contributed by atoms with Crippen LogP contribution >= 0.6 is 0 Å². The number of amides is 5. The molecule has 1 unspecified atom stereocenters. The van der Waals surface area contributed by atoms with E-state index in [-0.39, 0.29) is 30.3 Å². The van der Waals surface area contributed by atoms with Gasteiger partial charge in [0, 0.05) is 39.1 Å². The highest BCUT2D eigenvalue weighted by atomic mass is 16.6. The van der Waals surface area contributed by atoms with Gasteiger partial charge in [-0.15, -0.1) is 0 Å². The maximum atomic E-state index is 13.1. The van der Waals surface area contributed by atoms with E-state index in [1.165, 1.54) is 0 Å². The number of piperidine rings is 2. The highest BCUT2D eigenvalue weighted by Gasteiger charge is 2.45. The normalized spacial score (nSPS) is 23.7. The summed E-state index contributed by atoms with van der Waals surface area (Å²) in [6, 6.07) is 2.64. The molecule has 5 amide bonds. The van der Waals surface area contributed by atoms with Crippen LogP contribution in [-0.2, 0) is 27.4 Å². The maximum absolute atomic E-state index is 13.1. The standard InChI is InChI=1S/C27H34N4O6/c1-26(2,3)37-25(36)30-9-7-27(4,8-10-30)15-29-13-16-11-18-19(12-17(16)14-29)24(35)31(23(18)34)20-5-6-21(32)28-22(20)33/h11-12,20H,5-10,13-15H2,1-4H3,(H,28,32,33). The third kappa shape index (κ3) is 4.86. The number of carbonyl (C=O) groups is 5. The van der Waals surface area contributed by atoms with E-state index < -0.39 is 29.4 Å². The molecule has 5 rings (SSSR count). The lowest BCUT2D eigenvalue weighted by molar-refractivity contribution is -0.136. The molecule has 4 aliphatic rings. The molecule has 37 heavy (non-hydrogen) atoms. The summed E-state index contributed by atoms with van der Waals surface area (Å²) in [7, 11) is 0. The van der Waals surface area contributed by atoms with Crippen LogP contribution in [0.5, 0.6) is 0 Å². The van der Waals surface area contributed by atoms with Crippen LogP contribution in [0, 0.1) is 5.41 Å². The summed E-state index contributed by atoms with van der Waals surface area (Å²) in [4.78, 5) is 67.6. The topological polar surface area (TPSA) is 116 Å². The average Bonchev–Trinajstić information content (AvgIpc) is 3.29. The molecule has 1 N–H and O–H groups in total. The fraction of sp³-hybridized carbons (Fsp3) is 0.593. The van der Waals surface area contributed by atoms with Gasteiger partial charge in [0.1, 0.15) is 11.6 Å². The molecule has 10 heteroatoms. The number of hydrogen-bond acceptors (Lipinski definition) is 7. The van der Waals surface area contributed by atoms with Crippen molar-refractivity contribution in [2.45, 2.75) is 78.1 Å². The van der Waals surface area contributed by atoms with E-state index in [0.717, 1.165) is 35.4 Å². The molecular weight excluding hydrogens is 476 g/mol. The number of hydrogen-bond donors (Lipinski definition) is 1. The number of nitrogens with zero attached hydrogens (tertiary/aromatic N) is 3. The van der Waals surface area contributed by atoms with Crippen LogP contribution in [0.4, 0.5) is 4.79 Å². The molecule has 2 fully saturated rings. The van der Waals surface area contributed by atoms with E-state index in [0.29, 0.717) is 37.3 Å². The van der Waals surface area contributed by atoms with Crippen LogP contribution < -0.4 is 5.32 Å². The van der Waals surface area contributed by atoms with Gasteiger partial charge in [0.15, 0.2) is 0 Å². The minimum absolute atomic E-state index is 0.0392. The van der Waals surface area contributed by atoms with Gasteiger partial charge in [0.05, 0.1) is 11.1 Å². The first-order chi connectivity index (χ1) is 17.3. The predicted octanol–water partition coefficient (Wildman–Crippen LogP) is 2.44. The van der Waals surface area contributed by atoms with Gasteiger partial charge < -0.3 is 9.64 Å². The first-order valence-corrected chi connectivity index (χ1v) is 12.9. The number of carbonyl (C=O) groups excluding carboxylic acids is 5. The molecule has 198 valence electrons. The van der Waals surface area contributed by atoms with E-state index in [1.54, 1.807) is 17.0 Å². The summed E-state index contributed by atoms with van der Waals surface area (Å²) in [5.41, 5.74) is 2.21. The van der Waals surface area contributed by atoms with Crippen molar-refractivity contribution in [2.24, 2.45) is 5.41 Å². The molecule has 0 aliphatic carbocycles. The summed E-state index contributed by atoms with van der Waals surface area (Å²) >= 11 is 0. The molecule has 10 nitrogen and oxygen atoms in total. The van der Waals surface area contributed by atoms with Gasteiger partial charge in [-0.25, -0.2) is 4.79 Å². The van der Waals surface area contributed by atoms with Crippen LogP contribution in [0.25, 0.3) is 0 Å². The minimum Gasteiger partial charge on any atom is -0.444 e. The third-order valence-corrected chi connectivity index (χ3v) is 7.78. The number of rotatable bonds is 3. The Hall–Kier alpha value is -3.27. The number of nitrogens with one attached hydrogen (secondary N) is 1. The second-order valence-corrected chi connectivity index (χ2v) is 12.0. The van der Waals surface area contributed by atoms with E-state index >= 15 is 0 Å². The van der Waals surface area contributed by atoms with Crippen LogP contribution in [0.15, 0.2) is 12.1 Å². The second-order valence-electron chi connectivity index (χ2n) is 12.0. The van der Waals surface area contributed by atoms with Crippen LogP contribution in [0.3, 0.4) is 0 Å². The molecule has 0 radical (unpaired) electrons. The van der Waals surface area contributed by atoms with Crippen LogP contribution in [-0.4, -0.2) is 75.7 Å². The zero-order chi connectivity index (χ0) is 26.7. The number of ether oxygens (including phenoxy) is 1. The molecule has 0 bridgehead atoms. The lowest BCUT2D eigenvalue weighted by Gasteiger charge is -2.41. The van der Waals surface area contributed by atoms with Crippen LogP contribution in [0.1, 0.15) is 85.2 Å². The SMILES string of the molecule is CC1(CN2Cc3cc4c(cc3C2)C(=O)N(C2CCC(=O)NC2=O)C4=O)CCN(C(=O)OC(C)(C)C)CC1. The Morgan fingerprint density at radius 1 is 1.03 bits per heavy atom. The second kappa shape index (κ2) is 8.93. The molecule has 1 aromatic rings. The van der Waals surface area contributed by atoms with Crippen molar-refractivity contribution >= 4 is 29.7 Å². The van der Waals surface area contributed by atoms with E-state index in [4.69, 9.17) is 4.74 Å². The first kappa shape index (κ1) is 25.4. The molecule has 4 heterocycles. The zero-order valence-corrected chi connectivity index (χ0v) is 21.9. The van der Waals surface area contributed by atoms with Crippen molar-refractivity contribution in [3.63, 3.8) is 0 Å². The third-order valence-electron chi connectivity index (χ3n) is 7.78. The van der Waals surface area contributed by atoms with E-state index in [9.17, 15) is 24.0 Å².